The van der Waals surface area contributed by atoms with Crippen molar-refractivity contribution in [2.75, 3.05) is 20.0 Å². The second-order valence-corrected chi connectivity index (χ2v) is 2.67. The fraction of sp³-hybridized carbons (Fsp3) is 0.500. The first-order valence-electron chi connectivity index (χ1n) is 3.93. The van der Waals surface area contributed by atoms with Gasteiger partial charge in [-0.15, -0.1) is 0 Å². The highest BCUT2D eigenvalue weighted by Gasteiger charge is 2.41. The SMILES string of the molecule is C=CCOC(=O)NC(CF)(CF)C(=O)O. The quantitative estimate of drug-likeness (QED) is 0.648. The summed E-state index contributed by atoms with van der Waals surface area (Å²) in [6.07, 6.45) is 0.0139. The first kappa shape index (κ1) is 13.3. The molecule has 0 bridgehead atoms. The van der Waals surface area contributed by atoms with E-state index in [1.165, 1.54) is 6.08 Å². The second-order valence-electron chi connectivity index (χ2n) is 2.67. The van der Waals surface area contributed by atoms with Crippen LogP contribution in [0.25, 0.3) is 0 Å². The molecular weight excluding hydrogens is 212 g/mol. The van der Waals surface area contributed by atoms with Crippen LogP contribution in [0.4, 0.5) is 13.6 Å². The molecule has 0 rings (SSSR count). The fourth-order valence-electron chi connectivity index (χ4n) is 0.636. The number of nitrogens with one attached hydrogen (secondary N) is 1. The summed E-state index contributed by atoms with van der Waals surface area (Å²) in [6.45, 7) is -0.0803. The lowest BCUT2D eigenvalue weighted by molar-refractivity contribution is -0.146. The summed E-state index contributed by atoms with van der Waals surface area (Å²) >= 11 is 0. The minimum absolute atomic E-state index is 0.180. The maximum Gasteiger partial charge on any atom is 0.408 e. The minimum Gasteiger partial charge on any atom is -0.479 e. The van der Waals surface area contributed by atoms with E-state index in [0.29, 0.717) is 0 Å². The van der Waals surface area contributed by atoms with Crippen LogP contribution in [0.15, 0.2) is 12.7 Å². The molecule has 0 saturated heterocycles. The molecule has 0 aliphatic heterocycles. The number of carboxylic acid groups (broad SMARTS) is 1. The number of hydrogen-bond acceptors (Lipinski definition) is 3. The lowest BCUT2D eigenvalue weighted by atomic mass is 10.0. The van der Waals surface area contributed by atoms with Gasteiger partial charge in [-0.05, 0) is 0 Å². The smallest absolute Gasteiger partial charge is 0.408 e. The number of alkyl carbamates (subject to hydrolysis) is 1. The number of carbonyl (C=O) groups is 2. The molecule has 0 radical (unpaired) electrons. The highest BCUT2D eigenvalue weighted by Crippen LogP contribution is 2.08. The van der Waals surface area contributed by atoms with Crippen molar-refractivity contribution in [2.24, 2.45) is 0 Å². The molecule has 0 atom stereocenters. The molecule has 7 heteroatoms. The largest absolute Gasteiger partial charge is 0.479 e. The summed E-state index contributed by atoms with van der Waals surface area (Å²) in [7, 11) is 0. The van der Waals surface area contributed by atoms with E-state index in [-0.39, 0.29) is 6.61 Å². The molecule has 0 saturated carbocycles. The number of amides is 1. The molecule has 0 heterocycles. The van der Waals surface area contributed by atoms with E-state index in [1.807, 2.05) is 0 Å². The predicted octanol–water partition coefficient (Wildman–Crippen LogP) is 0.661. The number of alkyl halides is 2. The highest BCUT2D eigenvalue weighted by molar-refractivity contribution is 5.84. The predicted molar refractivity (Wildman–Crippen MR) is 47.0 cm³/mol. The van der Waals surface area contributed by atoms with Crippen LogP contribution in [0.2, 0.25) is 0 Å². The topological polar surface area (TPSA) is 75.6 Å². The van der Waals surface area contributed by atoms with Gasteiger partial charge in [0.1, 0.15) is 20.0 Å². The van der Waals surface area contributed by atoms with Crippen LogP contribution in [0.5, 0.6) is 0 Å². The van der Waals surface area contributed by atoms with E-state index in [2.05, 4.69) is 11.3 Å². The van der Waals surface area contributed by atoms with Gasteiger partial charge in [0.15, 0.2) is 5.54 Å². The fourth-order valence-corrected chi connectivity index (χ4v) is 0.636. The summed E-state index contributed by atoms with van der Waals surface area (Å²) in [5, 5.41) is 10.1. The van der Waals surface area contributed by atoms with Crippen LogP contribution in [0.3, 0.4) is 0 Å². The van der Waals surface area contributed by atoms with Gasteiger partial charge < -0.3 is 15.2 Å². The molecule has 15 heavy (non-hydrogen) atoms. The van der Waals surface area contributed by atoms with E-state index in [0.717, 1.165) is 0 Å². The Morgan fingerprint density at radius 3 is 2.33 bits per heavy atom. The van der Waals surface area contributed by atoms with Crippen LogP contribution >= 0.6 is 0 Å². The third-order valence-corrected chi connectivity index (χ3v) is 1.54. The first-order valence-corrected chi connectivity index (χ1v) is 3.93. The van der Waals surface area contributed by atoms with Crippen molar-refractivity contribution in [3.63, 3.8) is 0 Å². The van der Waals surface area contributed by atoms with Gasteiger partial charge in [0, 0.05) is 0 Å². The van der Waals surface area contributed by atoms with Gasteiger partial charge in [-0.2, -0.15) is 0 Å². The van der Waals surface area contributed by atoms with Gasteiger partial charge in [0.05, 0.1) is 0 Å². The zero-order chi connectivity index (χ0) is 11.9. The first-order chi connectivity index (χ1) is 7.02. The number of rotatable bonds is 6. The van der Waals surface area contributed by atoms with Crippen LogP contribution in [0, 0.1) is 0 Å². The number of carboxylic acids is 1. The Morgan fingerprint density at radius 1 is 1.47 bits per heavy atom. The van der Waals surface area contributed by atoms with Crippen LogP contribution in [-0.4, -0.2) is 42.7 Å². The van der Waals surface area contributed by atoms with Crippen molar-refractivity contribution in [1.29, 1.82) is 0 Å². The molecule has 0 aliphatic rings. The summed E-state index contributed by atoms with van der Waals surface area (Å²) in [5.41, 5.74) is -2.57. The summed E-state index contributed by atoms with van der Waals surface area (Å²) in [5.74, 6) is -1.80. The molecule has 0 aliphatic carbocycles. The molecule has 0 unspecified atom stereocenters. The molecule has 1 amide bonds. The van der Waals surface area contributed by atoms with Gasteiger partial charge in [0.2, 0.25) is 0 Å². The van der Waals surface area contributed by atoms with Crippen molar-refractivity contribution in [3.8, 4) is 0 Å². The lowest BCUT2D eigenvalue weighted by Gasteiger charge is -2.23. The lowest BCUT2D eigenvalue weighted by Crippen LogP contribution is -2.58. The van der Waals surface area contributed by atoms with Crippen molar-refractivity contribution >= 4 is 12.1 Å². The summed E-state index contributed by atoms with van der Waals surface area (Å²) in [6, 6.07) is 0. The van der Waals surface area contributed by atoms with Crippen LogP contribution in [-0.2, 0) is 9.53 Å². The van der Waals surface area contributed by atoms with E-state index < -0.39 is 31.0 Å². The second kappa shape index (κ2) is 5.94. The molecule has 0 aromatic heterocycles. The Morgan fingerprint density at radius 2 is 2.00 bits per heavy atom. The number of hydrogen-bond donors (Lipinski definition) is 2. The molecule has 86 valence electrons. The Labute approximate surface area is 84.7 Å². The van der Waals surface area contributed by atoms with Crippen molar-refractivity contribution in [3.05, 3.63) is 12.7 Å². The van der Waals surface area contributed by atoms with E-state index >= 15 is 0 Å². The van der Waals surface area contributed by atoms with Crippen molar-refractivity contribution in [2.45, 2.75) is 5.54 Å². The standard InChI is InChI=1S/C8H11F2NO4/c1-2-3-15-7(14)11-8(4-9,5-10)6(12)13/h2H,1,3-5H2,(H,11,14)(H,12,13). The minimum atomic E-state index is -2.57. The molecule has 0 spiro atoms. The van der Waals surface area contributed by atoms with E-state index in [4.69, 9.17) is 5.11 Å². The molecular formula is C8H11F2NO4. The zero-order valence-corrected chi connectivity index (χ0v) is 7.83. The van der Waals surface area contributed by atoms with Gasteiger partial charge in [0.25, 0.3) is 0 Å². The average molecular weight is 223 g/mol. The summed E-state index contributed by atoms with van der Waals surface area (Å²) < 4.78 is 29.0. The molecule has 2 N–H and O–H groups in total. The average Bonchev–Trinajstić information content (AvgIpc) is 2.22. The Bertz CT molecular complexity index is 253. The normalized spacial score (nSPS) is 10.5. The maximum atomic E-state index is 12.3. The van der Waals surface area contributed by atoms with Gasteiger partial charge in [-0.3, -0.25) is 0 Å². The zero-order valence-electron chi connectivity index (χ0n) is 7.83. The highest BCUT2D eigenvalue weighted by atomic mass is 19.1. The maximum absolute atomic E-state index is 12.3. The molecule has 0 aromatic carbocycles. The van der Waals surface area contributed by atoms with Crippen LogP contribution < -0.4 is 5.32 Å². The Kier molecular flexibility index (Phi) is 5.29. The van der Waals surface area contributed by atoms with Gasteiger partial charge >= 0.3 is 12.1 Å². The number of ether oxygens (including phenoxy) is 1. The van der Waals surface area contributed by atoms with Crippen molar-refractivity contribution in [1.82, 2.24) is 5.32 Å². The van der Waals surface area contributed by atoms with E-state index in [9.17, 15) is 18.4 Å². The van der Waals surface area contributed by atoms with Gasteiger partial charge in [-0.1, -0.05) is 12.7 Å². The third kappa shape index (κ3) is 3.53. The van der Waals surface area contributed by atoms with Gasteiger partial charge in [-0.25, -0.2) is 18.4 Å². The molecule has 0 fully saturated rings. The third-order valence-electron chi connectivity index (χ3n) is 1.54. The monoisotopic (exact) mass is 223 g/mol. The number of halogens is 2. The number of carbonyl (C=O) groups excluding carboxylic acids is 1. The molecule has 5 nitrogen and oxygen atoms in total. The summed E-state index contributed by atoms with van der Waals surface area (Å²) in [4.78, 5) is 21.4. The Hall–Kier alpha value is -1.66. The van der Waals surface area contributed by atoms with E-state index in [1.54, 1.807) is 5.32 Å². The number of aliphatic carboxylic acids is 1. The Balaban J connectivity index is 4.47. The molecule has 0 aromatic rings. The van der Waals surface area contributed by atoms with Crippen LogP contribution in [0.1, 0.15) is 0 Å². The van der Waals surface area contributed by atoms with Crippen molar-refractivity contribution < 1.29 is 28.2 Å².